The summed E-state index contributed by atoms with van der Waals surface area (Å²) in [4.78, 5) is 0. The molecule has 0 aliphatic rings. The Morgan fingerprint density at radius 1 is 2.00 bits per heavy atom. The van der Waals surface area contributed by atoms with E-state index in [-0.39, 0.29) is 0 Å². The van der Waals surface area contributed by atoms with Gasteiger partial charge in [-0.2, -0.15) is 0 Å². The molecule has 0 atom stereocenters. The van der Waals surface area contributed by atoms with Gasteiger partial charge in [-0.1, -0.05) is 0 Å². The summed E-state index contributed by atoms with van der Waals surface area (Å²) in [5, 5.41) is 0. The van der Waals surface area contributed by atoms with Crippen LogP contribution in [0.1, 0.15) is 0 Å². The van der Waals surface area contributed by atoms with Gasteiger partial charge < -0.3 is 0 Å². The largest absolute Gasteiger partial charge is 0.251 e. The van der Waals surface area contributed by atoms with E-state index < -0.39 is 0 Å². The van der Waals surface area contributed by atoms with Crippen LogP contribution in [-0.2, 0) is 15.8 Å². The SMILES string of the molecule is S=POS. The summed E-state index contributed by atoms with van der Waals surface area (Å²) in [5.74, 6) is 0. The third-order valence-electron chi connectivity index (χ3n) is 0.0333. The smallest absolute Gasteiger partial charge is 0.151 e. The van der Waals surface area contributed by atoms with Gasteiger partial charge in [-0.15, -0.1) is 0 Å². The van der Waals surface area contributed by atoms with Gasteiger partial charge in [0, 0.05) is 0 Å². The highest BCUT2D eigenvalue weighted by atomic mass is 32.4. The molecule has 0 aliphatic carbocycles. The van der Waals surface area contributed by atoms with Crippen molar-refractivity contribution in [1.29, 1.82) is 0 Å². The minimum atomic E-state index is 0.446. The molecule has 1 nitrogen and oxygen atoms in total. The molecule has 4 heavy (non-hydrogen) atoms. The van der Waals surface area contributed by atoms with Gasteiger partial charge in [0.15, 0.2) is 7.58 Å². The first-order valence-corrected chi connectivity index (χ1v) is 2.74. The zero-order valence-electron chi connectivity index (χ0n) is 1.71. The lowest BCUT2D eigenvalue weighted by molar-refractivity contribution is 0.774. The van der Waals surface area contributed by atoms with Crippen molar-refractivity contribution in [3.63, 3.8) is 0 Å². The second kappa shape index (κ2) is 3.83. The Bertz CT molecular complexity index is 20.0. The minimum absolute atomic E-state index is 0.446. The third-order valence-corrected chi connectivity index (χ3v) is 0.900. The summed E-state index contributed by atoms with van der Waals surface area (Å²) >= 11 is 7.53. The van der Waals surface area contributed by atoms with Gasteiger partial charge in [0.1, 0.15) is 0 Å². The molecule has 0 aromatic rings. The molecule has 0 fully saturated rings. The molecule has 0 rings (SSSR count). The van der Waals surface area contributed by atoms with Crippen molar-refractivity contribution in [3.05, 3.63) is 0 Å². The van der Waals surface area contributed by atoms with Gasteiger partial charge in [-0.25, -0.2) is 0 Å². The molecule has 0 heterocycles. The average molecular weight is 112 g/mol. The summed E-state index contributed by atoms with van der Waals surface area (Å²) in [6.45, 7) is 0. The molecule has 0 aromatic carbocycles. The molecule has 4 heteroatoms. The van der Waals surface area contributed by atoms with Gasteiger partial charge >= 0.3 is 0 Å². The molecule has 0 saturated heterocycles. The van der Waals surface area contributed by atoms with Gasteiger partial charge in [0.05, 0.1) is 0 Å². The average Bonchev–Trinajstić information content (AvgIpc) is 1.37. The van der Waals surface area contributed by atoms with Gasteiger partial charge in [0.25, 0.3) is 0 Å². The fourth-order valence-electron chi connectivity index (χ4n) is 0. The summed E-state index contributed by atoms with van der Waals surface area (Å²) < 4.78 is 4.02. The first-order valence-electron chi connectivity index (χ1n) is 0.548. The predicted octanol–water partition coefficient (Wildman–Crippen LogP) is 1.17. The van der Waals surface area contributed by atoms with Gasteiger partial charge in [0.2, 0.25) is 0 Å². The molecule has 0 aromatic heterocycles. The van der Waals surface area contributed by atoms with E-state index in [2.05, 4.69) is 28.7 Å². The van der Waals surface area contributed by atoms with E-state index in [0.29, 0.717) is 7.58 Å². The summed E-state index contributed by atoms with van der Waals surface area (Å²) in [5.41, 5.74) is 0. The third kappa shape index (κ3) is 2.83. The van der Waals surface area contributed by atoms with Crippen LogP contribution in [-0.4, -0.2) is 0 Å². The lowest BCUT2D eigenvalue weighted by Crippen LogP contribution is -1.21. The monoisotopic (exact) mass is 112 g/mol. The standard InChI is InChI=1S/HOPS2/c3-1-2-4/h3H. The molecule has 0 saturated carbocycles. The topological polar surface area (TPSA) is 9.23 Å². The van der Waals surface area contributed by atoms with Crippen molar-refractivity contribution >= 4 is 32.3 Å². The first kappa shape index (κ1) is 4.83. The van der Waals surface area contributed by atoms with Crippen molar-refractivity contribution in [1.82, 2.24) is 0 Å². The van der Waals surface area contributed by atoms with Crippen LogP contribution in [0.4, 0.5) is 0 Å². The Morgan fingerprint density at radius 3 is 2.25 bits per heavy atom. The summed E-state index contributed by atoms with van der Waals surface area (Å²) in [7, 11) is 0.446. The zero-order valence-corrected chi connectivity index (χ0v) is 4.32. The maximum Gasteiger partial charge on any atom is 0.151 e. The molecule has 0 radical (unpaired) electrons. The maximum absolute atomic E-state index is 4.23. The van der Waals surface area contributed by atoms with E-state index in [4.69, 9.17) is 0 Å². The van der Waals surface area contributed by atoms with Crippen LogP contribution in [0.3, 0.4) is 0 Å². The molecule has 0 spiro atoms. The van der Waals surface area contributed by atoms with Crippen LogP contribution in [0.2, 0.25) is 0 Å². The number of hydrogen-bond acceptors (Lipinski definition) is 3. The van der Waals surface area contributed by atoms with E-state index in [9.17, 15) is 0 Å². The van der Waals surface area contributed by atoms with Gasteiger partial charge in [-0.3, -0.25) is 3.97 Å². The lowest BCUT2D eigenvalue weighted by Gasteiger charge is -1.59. The molecular formula is HOPS2. The van der Waals surface area contributed by atoms with Crippen LogP contribution in [0.25, 0.3) is 0 Å². The molecule has 0 bridgehead atoms. The molecule has 0 N–H and O–H groups in total. The van der Waals surface area contributed by atoms with Crippen LogP contribution < -0.4 is 0 Å². The quantitative estimate of drug-likeness (QED) is 0.310. The fourth-order valence-corrected chi connectivity index (χ4v) is 0. The minimum Gasteiger partial charge on any atom is -0.251 e. The Morgan fingerprint density at radius 2 is 2.25 bits per heavy atom. The Hall–Kier alpha value is 0.830. The molecule has 0 unspecified atom stereocenters. The van der Waals surface area contributed by atoms with Crippen molar-refractivity contribution in [2.24, 2.45) is 0 Å². The fraction of sp³-hybridized carbons (Fsp3) is 0. The van der Waals surface area contributed by atoms with E-state index in [1.165, 1.54) is 0 Å². The molecular weight excluding hydrogens is 111 g/mol. The van der Waals surface area contributed by atoms with E-state index in [1.807, 2.05) is 0 Å². The number of rotatable bonds is 1. The highest BCUT2D eigenvalue weighted by Crippen LogP contribution is 1.94. The van der Waals surface area contributed by atoms with Crippen LogP contribution in [0.15, 0.2) is 0 Å². The van der Waals surface area contributed by atoms with Crippen LogP contribution in [0.5, 0.6) is 0 Å². The zero-order chi connectivity index (χ0) is 3.41. The van der Waals surface area contributed by atoms with E-state index in [1.54, 1.807) is 0 Å². The Balaban J connectivity index is 2.30. The summed E-state index contributed by atoms with van der Waals surface area (Å²) in [6.07, 6.45) is 0. The second-order valence-corrected chi connectivity index (χ2v) is 1.41. The van der Waals surface area contributed by atoms with E-state index >= 15 is 0 Å². The maximum atomic E-state index is 4.23. The number of thiol groups is 1. The summed E-state index contributed by atoms with van der Waals surface area (Å²) in [6, 6.07) is 0. The van der Waals surface area contributed by atoms with Crippen LogP contribution in [0, 0.1) is 0 Å². The highest BCUT2D eigenvalue weighted by molar-refractivity contribution is 7.98. The normalized spacial score (nSPS) is 8.25. The predicted molar refractivity (Wildman–Crippen MR) is 24.4 cm³/mol. The molecule has 24 valence electrons. The Kier molecular flexibility index (Phi) is 4.62. The van der Waals surface area contributed by atoms with Crippen molar-refractivity contribution in [2.75, 3.05) is 0 Å². The molecule has 0 aliphatic heterocycles. The number of hydrogen-bond donors (Lipinski definition) is 1. The van der Waals surface area contributed by atoms with Crippen LogP contribution >= 0.6 is 20.5 Å². The second-order valence-electron chi connectivity index (χ2n) is 0.156. The van der Waals surface area contributed by atoms with Crippen molar-refractivity contribution in [2.45, 2.75) is 0 Å². The lowest BCUT2D eigenvalue weighted by atomic mass is 15.9. The van der Waals surface area contributed by atoms with Gasteiger partial charge in [-0.05, 0) is 24.7 Å². The molecule has 0 amide bonds. The van der Waals surface area contributed by atoms with Crippen molar-refractivity contribution in [3.8, 4) is 0 Å². The first-order chi connectivity index (χ1) is 1.91. The Labute approximate surface area is 36.9 Å². The van der Waals surface area contributed by atoms with Crippen molar-refractivity contribution < 1.29 is 3.97 Å². The van der Waals surface area contributed by atoms with E-state index in [0.717, 1.165) is 0 Å². The highest BCUT2D eigenvalue weighted by Gasteiger charge is 1.46.